The van der Waals surface area contributed by atoms with E-state index in [-0.39, 0.29) is 18.1 Å². The minimum absolute atomic E-state index is 0.0604. The van der Waals surface area contributed by atoms with Crippen LogP contribution in [0, 0.1) is 0 Å². The number of aromatic nitrogens is 1. The lowest BCUT2D eigenvalue weighted by Crippen LogP contribution is -2.38. The van der Waals surface area contributed by atoms with Crippen molar-refractivity contribution in [2.75, 3.05) is 18.9 Å². The number of esters is 1. The summed E-state index contributed by atoms with van der Waals surface area (Å²) in [6, 6.07) is 3.10. The fourth-order valence-corrected chi connectivity index (χ4v) is 5.46. The molecule has 11 heteroatoms. The van der Waals surface area contributed by atoms with Crippen molar-refractivity contribution in [1.29, 1.82) is 0 Å². The highest BCUT2D eigenvalue weighted by Gasteiger charge is 2.31. The number of benzene rings is 1. The van der Waals surface area contributed by atoms with Gasteiger partial charge < -0.3 is 14.4 Å². The Morgan fingerprint density at radius 3 is 2.87 bits per heavy atom. The lowest BCUT2D eigenvalue weighted by atomic mass is 10.2. The number of likely N-dealkylation sites (tertiary alicyclic amines) is 1. The third-order valence-corrected chi connectivity index (χ3v) is 7.44. The van der Waals surface area contributed by atoms with Gasteiger partial charge in [-0.25, -0.2) is 9.78 Å². The van der Waals surface area contributed by atoms with E-state index >= 15 is 0 Å². The second-order valence-corrected chi connectivity index (χ2v) is 10.5. The van der Waals surface area contributed by atoms with Crippen molar-refractivity contribution in [2.45, 2.75) is 43.2 Å². The number of ether oxygens (including phenoxy) is 2. The highest BCUT2D eigenvalue weighted by molar-refractivity contribution is 8.01. The number of thioether (sulfide) groups is 1. The zero-order valence-corrected chi connectivity index (χ0v) is 20.8. The van der Waals surface area contributed by atoms with Gasteiger partial charge in [0, 0.05) is 35.2 Å². The molecule has 0 spiro atoms. The summed E-state index contributed by atoms with van der Waals surface area (Å²) in [4.78, 5) is 30.4. The smallest absolute Gasteiger partial charge is 0.358 e. The van der Waals surface area contributed by atoms with Crippen LogP contribution in [0.3, 0.4) is 0 Å². The van der Waals surface area contributed by atoms with Crippen LogP contribution >= 0.6 is 57.9 Å². The maximum Gasteiger partial charge on any atom is 0.358 e. The van der Waals surface area contributed by atoms with E-state index < -0.39 is 5.97 Å². The van der Waals surface area contributed by atoms with E-state index in [1.54, 1.807) is 31.4 Å². The van der Waals surface area contributed by atoms with Gasteiger partial charge >= 0.3 is 5.97 Å². The number of hydrogen-bond donors (Lipinski definition) is 0. The lowest BCUT2D eigenvalue weighted by Gasteiger charge is -2.25. The molecule has 1 aliphatic rings. The molecule has 1 fully saturated rings. The van der Waals surface area contributed by atoms with E-state index in [0.29, 0.717) is 58.3 Å². The molecule has 1 aliphatic heterocycles. The number of carbonyl (C=O) groups is 2. The molecule has 1 atom stereocenters. The molecule has 3 rings (SSSR count). The first kappa shape index (κ1) is 24.5. The summed E-state index contributed by atoms with van der Waals surface area (Å²) in [6.45, 7) is 4.44. The molecule has 0 bridgehead atoms. The maximum absolute atomic E-state index is 12.3. The minimum Gasteiger partial charge on any atom is -0.490 e. The molecule has 0 N–H and O–H groups in total. The highest BCUT2D eigenvalue weighted by Crippen LogP contribution is 2.35. The van der Waals surface area contributed by atoms with Gasteiger partial charge in [0.25, 0.3) is 0 Å². The standard InChI is InChI=1S/C20H21Cl3N2O4S2/c1-11(2)29-19(27)15-10-31-20(24-15)30-6-5-25-13(3-4-17(25)26)9-28-16-8-12(21)7-14(22)18(16)23/h7-8,10-11,13H,3-6,9H2,1-2H3/t13-/m1/s1. The van der Waals surface area contributed by atoms with Crippen molar-refractivity contribution in [3.8, 4) is 5.75 Å². The summed E-state index contributed by atoms with van der Waals surface area (Å²) in [5.74, 6) is 0.712. The van der Waals surface area contributed by atoms with Crippen molar-refractivity contribution < 1.29 is 19.1 Å². The summed E-state index contributed by atoms with van der Waals surface area (Å²) < 4.78 is 11.7. The molecule has 6 nitrogen and oxygen atoms in total. The predicted molar refractivity (Wildman–Crippen MR) is 125 cm³/mol. The fourth-order valence-electron chi connectivity index (χ4n) is 3.02. The van der Waals surface area contributed by atoms with Gasteiger partial charge in [0.05, 0.1) is 17.2 Å². The largest absolute Gasteiger partial charge is 0.490 e. The minimum atomic E-state index is -0.426. The Hall–Kier alpha value is -1.19. The molecule has 1 aromatic heterocycles. The molecular weight excluding hydrogens is 503 g/mol. The summed E-state index contributed by atoms with van der Waals surface area (Å²) in [5.41, 5.74) is 0.307. The van der Waals surface area contributed by atoms with Crippen LogP contribution in [0.5, 0.6) is 5.75 Å². The first-order valence-electron chi connectivity index (χ1n) is 9.60. The Balaban J connectivity index is 1.52. The van der Waals surface area contributed by atoms with Crippen molar-refractivity contribution in [2.24, 2.45) is 0 Å². The molecule has 0 unspecified atom stereocenters. The van der Waals surface area contributed by atoms with Gasteiger partial charge in [-0.15, -0.1) is 11.3 Å². The van der Waals surface area contributed by atoms with Crippen molar-refractivity contribution in [1.82, 2.24) is 9.88 Å². The molecule has 31 heavy (non-hydrogen) atoms. The first-order valence-corrected chi connectivity index (χ1v) is 12.6. The van der Waals surface area contributed by atoms with Gasteiger partial charge in [-0.2, -0.15) is 0 Å². The van der Waals surface area contributed by atoms with E-state index in [1.807, 2.05) is 4.90 Å². The van der Waals surface area contributed by atoms with Gasteiger partial charge in [0.1, 0.15) is 17.4 Å². The third kappa shape index (κ3) is 6.65. The van der Waals surface area contributed by atoms with Crippen LogP contribution in [-0.4, -0.2) is 52.8 Å². The number of thiazole rings is 1. The van der Waals surface area contributed by atoms with Crippen LogP contribution in [-0.2, 0) is 9.53 Å². The first-order chi connectivity index (χ1) is 14.7. The van der Waals surface area contributed by atoms with Crippen LogP contribution in [0.1, 0.15) is 37.2 Å². The van der Waals surface area contributed by atoms with E-state index in [0.717, 1.165) is 4.34 Å². The van der Waals surface area contributed by atoms with Crippen molar-refractivity contribution in [3.63, 3.8) is 0 Å². The summed E-state index contributed by atoms with van der Waals surface area (Å²) >= 11 is 21.1. The molecule has 1 saturated heterocycles. The average Bonchev–Trinajstić information content (AvgIpc) is 3.31. The molecule has 0 aliphatic carbocycles. The van der Waals surface area contributed by atoms with Gasteiger partial charge in [-0.05, 0) is 26.3 Å². The summed E-state index contributed by atoms with van der Waals surface area (Å²) in [5, 5.41) is 2.73. The number of rotatable bonds is 9. The van der Waals surface area contributed by atoms with Gasteiger partial charge in [-0.1, -0.05) is 46.6 Å². The lowest BCUT2D eigenvalue weighted by molar-refractivity contribution is -0.129. The number of carbonyl (C=O) groups excluding carboxylic acids is 2. The Morgan fingerprint density at radius 1 is 1.35 bits per heavy atom. The van der Waals surface area contributed by atoms with E-state index in [9.17, 15) is 9.59 Å². The highest BCUT2D eigenvalue weighted by atomic mass is 35.5. The quantitative estimate of drug-likeness (QED) is 0.234. The average molecular weight is 524 g/mol. The normalized spacial score (nSPS) is 16.3. The Morgan fingerprint density at radius 2 is 2.13 bits per heavy atom. The third-order valence-electron chi connectivity index (χ3n) is 4.44. The number of nitrogens with zero attached hydrogens (tertiary/aromatic N) is 2. The van der Waals surface area contributed by atoms with Gasteiger partial charge in [0.15, 0.2) is 10.0 Å². The molecule has 1 amide bonds. The maximum atomic E-state index is 12.3. The molecule has 2 heterocycles. The van der Waals surface area contributed by atoms with Crippen molar-refractivity contribution in [3.05, 3.63) is 38.3 Å². The monoisotopic (exact) mass is 522 g/mol. The molecular formula is C20H21Cl3N2O4S2. The molecule has 1 aromatic carbocycles. The van der Waals surface area contributed by atoms with E-state index in [1.165, 1.54) is 23.1 Å². The number of halogens is 3. The zero-order chi connectivity index (χ0) is 22.5. The van der Waals surface area contributed by atoms with Gasteiger partial charge in [-0.3, -0.25) is 4.79 Å². The molecule has 0 saturated carbocycles. The predicted octanol–water partition coefficient (Wildman–Crippen LogP) is 5.83. The summed E-state index contributed by atoms with van der Waals surface area (Å²) in [6.07, 6.45) is 0.992. The van der Waals surface area contributed by atoms with Crippen LogP contribution in [0.15, 0.2) is 21.9 Å². The topological polar surface area (TPSA) is 68.7 Å². The zero-order valence-electron chi connectivity index (χ0n) is 16.9. The van der Waals surface area contributed by atoms with E-state index in [2.05, 4.69) is 4.98 Å². The Bertz CT molecular complexity index is 955. The second kappa shape index (κ2) is 11.1. The Labute approximate surface area is 204 Å². The molecule has 168 valence electrons. The van der Waals surface area contributed by atoms with Crippen LogP contribution in [0.4, 0.5) is 0 Å². The van der Waals surface area contributed by atoms with Crippen LogP contribution in [0.2, 0.25) is 15.1 Å². The number of amides is 1. The van der Waals surface area contributed by atoms with Gasteiger partial charge in [0.2, 0.25) is 5.91 Å². The van der Waals surface area contributed by atoms with E-state index in [4.69, 9.17) is 44.3 Å². The Kier molecular flexibility index (Phi) is 8.75. The molecule has 2 aromatic rings. The van der Waals surface area contributed by atoms with Crippen LogP contribution in [0.25, 0.3) is 0 Å². The van der Waals surface area contributed by atoms with Crippen LogP contribution < -0.4 is 4.74 Å². The second-order valence-electron chi connectivity index (χ2n) is 7.09. The number of hydrogen-bond acceptors (Lipinski definition) is 7. The van der Waals surface area contributed by atoms with Crippen molar-refractivity contribution >= 4 is 69.8 Å². The molecule has 0 radical (unpaired) electrons. The SMILES string of the molecule is CC(C)OC(=O)c1csc(SCCN2C(=O)CC[C@@H]2COc2cc(Cl)cc(Cl)c2Cl)n1. The summed E-state index contributed by atoms with van der Waals surface area (Å²) in [7, 11) is 0. The fraction of sp³-hybridized carbons (Fsp3) is 0.450.